The van der Waals surface area contributed by atoms with E-state index < -0.39 is 6.10 Å². The zero-order valence-corrected chi connectivity index (χ0v) is 13.8. The van der Waals surface area contributed by atoms with E-state index in [2.05, 4.69) is 5.32 Å². The van der Waals surface area contributed by atoms with Crippen molar-refractivity contribution in [3.8, 4) is 5.75 Å². The van der Waals surface area contributed by atoms with E-state index in [0.717, 1.165) is 29.7 Å². The number of benzene rings is 1. The van der Waals surface area contributed by atoms with E-state index in [1.165, 1.54) is 0 Å². The minimum atomic E-state index is -0.521. The Hall–Kier alpha value is -1.55. The molecule has 3 atom stereocenters. The molecule has 0 saturated carbocycles. The van der Waals surface area contributed by atoms with Crippen molar-refractivity contribution in [2.24, 2.45) is 5.73 Å². The number of para-hydroxylation sites is 1. The smallest absolute Gasteiger partial charge is 0.260 e. The number of ether oxygens (including phenoxy) is 1. The van der Waals surface area contributed by atoms with Crippen molar-refractivity contribution in [3.05, 3.63) is 29.3 Å². The molecule has 0 saturated heterocycles. The van der Waals surface area contributed by atoms with Crippen LogP contribution < -0.4 is 15.8 Å². The third kappa shape index (κ3) is 5.38. The van der Waals surface area contributed by atoms with Crippen molar-refractivity contribution in [2.45, 2.75) is 65.6 Å². The van der Waals surface area contributed by atoms with Crippen molar-refractivity contribution in [3.63, 3.8) is 0 Å². The highest BCUT2D eigenvalue weighted by atomic mass is 16.5. The predicted octanol–water partition coefficient (Wildman–Crippen LogP) is 2.57. The van der Waals surface area contributed by atoms with Crippen molar-refractivity contribution in [1.29, 1.82) is 0 Å². The molecule has 1 amide bonds. The van der Waals surface area contributed by atoms with E-state index in [1.807, 2.05) is 45.9 Å². The van der Waals surface area contributed by atoms with Crippen molar-refractivity contribution in [1.82, 2.24) is 5.32 Å². The summed E-state index contributed by atoms with van der Waals surface area (Å²) in [4.78, 5) is 12.1. The molecule has 1 aromatic carbocycles. The molecule has 3 N–H and O–H groups in total. The SMILES string of the molecule is CCC(C)NC(=O)C(C)Oc1c(C)cccc1CC(C)N. The summed E-state index contributed by atoms with van der Waals surface area (Å²) in [7, 11) is 0. The van der Waals surface area contributed by atoms with E-state index >= 15 is 0 Å². The highest BCUT2D eigenvalue weighted by Gasteiger charge is 2.19. The van der Waals surface area contributed by atoms with Gasteiger partial charge in [-0.3, -0.25) is 4.79 Å². The van der Waals surface area contributed by atoms with E-state index in [9.17, 15) is 4.79 Å². The second-order valence-corrected chi connectivity index (χ2v) is 5.82. The van der Waals surface area contributed by atoms with Gasteiger partial charge in [0.05, 0.1) is 0 Å². The fourth-order valence-electron chi connectivity index (χ4n) is 2.08. The summed E-state index contributed by atoms with van der Waals surface area (Å²) < 4.78 is 5.92. The molecule has 21 heavy (non-hydrogen) atoms. The highest BCUT2D eigenvalue weighted by Crippen LogP contribution is 2.25. The lowest BCUT2D eigenvalue weighted by Gasteiger charge is -2.21. The quantitative estimate of drug-likeness (QED) is 0.812. The van der Waals surface area contributed by atoms with Gasteiger partial charge < -0.3 is 15.8 Å². The summed E-state index contributed by atoms with van der Waals surface area (Å²) >= 11 is 0. The molecular formula is C17H28N2O2. The molecule has 3 unspecified atom stereocenters. The summed E-state index contributed by atoms with van der Waals surface area (Å²) in [5, 5.41) is 2.94. The van der Waals surface area contributed by atoms with Gasteiger partial charge in [0.15, 0.2) is 6.10 Å². The Kier molecular flexibility index (Phi) is 6.69. The fraction of sp³-hybridized carbons (Fsp3) is 0.588. The Morgan fingerprint density at radius 1 is 1.33 bits per heavy atom. The van der Waals surface area contributed by atoms with E-state index in [1.54, 1.807) is 6.92 Å². The molecule has 0 aliphatic rings. The van der Waals surface area contributed by atoms with Gasteiger partial charge in [-0.2, -0.15) is 0 Å². The van der Waals surface area contributed by atoms with Crippen LogP contribution in [0, 0.1) is 6.92 Å². The van der Waals surface area contributed by atoms with Gasteiger partial charge in [0.2, 0.25) is 0 Å². The molecule has 1 rings (SSSR count). The summed E-state index contributed by atoms with van der Waals surface area (Å²) in [5.41, 5.74) is 7.96. The van der Waals surface area contributed by atoms with Crippen LogP contribution in [0.15, 0.2) is 18.2 Å². The number of hydrogen-bond donors (Lipinski definition) is 2. The second kappa shape index (κ2) is 8.03. The van der Waals surface area contributed by atoms with Crippen LogP contribution in [0.3, 0.4) is 0 Å². The molecule has 0 fully saturated rings. The summed E-state index contributed by atoms with van der Waals surface area (Å²) in [6.45, 7) is 9.75. The molecule has 4 nitrogen and oxygen atoms in total. The molecule has 0 heterocycles. The number of rotatable bonds is 7. The van der Waals surface area contributed by atoms with Gasteiger partial charge >= 0.3 is 0 Å². The number of carbonyl (C=O) groups is 1. The number of nitrogens with one attached hydrogen (secondary N) is 1. The van der Waals surface area contributed by atoms with Crippen molar-refractivity contribution >= 4 is 5.91 Å². The third-order valence-corrected chi connectivity index (χ3v) is 3.50. The Bertz CT molecular complexity index is 472. The van der Waals surface area contributed by atoms with Gasteiger partial charge in [-0.15, -0.1) is 0 Å². The lowest BCUT2D eigenvalue weighted by molar-refractivity contribution is -0.127. The monoisotopic (exact) mass is 292 g/mol. The Labute approximate surface area is 128 Å². The second-order valence-electron chi connectivity index (χ2n) is 5.82. The lowest BCUT2D eigenvalue weighted by atomic mass is 10.0. The van der Waals surface area contributed by atoms with E-state index in [0.29, 0.717) is 0 Å². The van der Waals surface area contributed by atoms with Crippen LogP contribution in [0.4, 0.5) is 0 Å². The van der Waals surface area contributed by atoms with Gasteiger partial charge in [-0.25, -0.2) is 0 Å². The van der Waals surface area contributed by atoms with Crippen molar-refractivity contribution in [2.75, 3.05) is 0 Å². The number of amides is 1. The number of carbonyl (C=O) groups excluding carboxylic acids is 1. The molecule has 1 aromatic rings. The molecule has 0 radical (unpaired) electrons. The molecule has 0 spiro atoms. The predicted molar refractivity (Wildman–Crippen MR) is 86.5 cm³/mol. The molecular weight excluding hydrogens is 264 g/mol. The fourth-order valence-corrected chi connectivity index (χ4v) is 2.08. The number of hydrogen-bond acceptors (Lipinski definition) is 3. The first-order chi connectivity index (χ1) is 9.85. The van der Waals surface area contributed by atoms with Crippen LogP contribution in [0.25, 0.3) is 0 Å². The topological polar surface area (TPSA) is 64.3 Å². The highest BCUT2D eigenvalue weighted by molar-refractivity contribution is 5.81. The van der Waals surface area contributed by atoms with Crippen molar-refractivity contribution < 1.29 is 9.53 Å². The van der Waals surface area contributed by atoms with Crippen LogP contribution >= 0.6 is 0 Å². The van der Waals surface area contributed by atoms with Gasteiger partial charge in [-0.1, -0.05) is 25.1 Å². The molecule has 118 valence electrons. The molecule has 0 aliphatic heterocycles. The minimum absolute atomic E-state index is 0.0541. The van der Waals surface area contributed by atoms with Crippen LogP contribution in [0.1, 0.15) is 45.2 Å². The van der Waals surface area contributed by atoms with Crippen LogP contribution in [-0.2, 0) is 11.2 Å². The zero-order chi connectivity index (χ0) is 16.0. The number of aryl methyl sites for hydroxylation is 1. The minimum Gasteiger partial charge on any atom is -0.480 e. The average molecular weight is 292 g/mol. The maximum absolute atomic E-state index is 12.1. The number of nitrogens with two attached hydrogens (primary N) is 1. The van der Waals surface area contributed by atoms with Gasteiger partial charge in [-0.05, 0) is 51.7 Å². The summed E-state index contributed by atoms with van der Waals surface area (Å²) in [6, 6.07) is 6.19. The first-order valence-corrected chi connectivity index (χ1v) is 7.66. The first kappa shape index (κ1) is 17.5. The van der Waals surface area contributed by atoms with E-state index in [-0.39, 0.29) is 18.0 Å². The molecule has 4 heteroatoms. The van der Waals surface area contributed by atoms with Crippen LogP contribution in [0.5, 0.6) is 5.75 Å². The lowest BCUT2D eigenvalue weighted by Crippen LogP contribution is -2.41. The van der Waals surface area contributed by atoms with Gasteiger partial charge in [0.25, 0.3) is 5.91 Å². The maximum Gasteiger partial charge on any atom is 0.260 e. The van der Waals surface area contributed by atoms with Gasteiger partial charge in [0, 0.05) is 12.1 Å². The van der Waals surface area contributed by atoms with Crippen LogP contribution in [0.2, 0.25) is 0 Å². The standard InChI is InChI=1S/C17H28N2O2/c1-6-13(4)19-17(20)14(5)21-16-11(2)8-7-9-15(16)10-12(3)18/h7-9,12-14H,6,10,18H2,1-5H3,(H,19,20). The average Bonchev–Trinajstić information content (AvgIpc) is 2.41. The first-order valence-electron chi connectivity index (χ1n) is 7.66. The third-order valence-electron chi connectivity index (χ3n) is 3.50. The van der Waals surface area contributed by atoms with E-state index in [4.69, 9.17) is 10.5 Å². The zero-order valence-electron chi connectivity index (χ0n) is 13.8. The maximum atomic E-state index is 12.1. The Morgan fingerprint density at radius 2 is 2.00 bits per heavy atom. The van der Waals surface area contributed by atoms with Crippen LogP contribution in [-0.4, -0.2) is 24.1 Å². The molecule has 0 bridgehead atoms. The summed E-state index contributed by atoms with van der Waals surface area (Å²) in [5.74, 6) is 0.695. The van der Waals surface area contributed by atoms with Gasteiger partial charge in [0.1, 0.15) is 5.75 Å². The Balaban J connectivity index is 2.84. The molecule has 0 aromatic heterocycles. The summed E-state index contributed by atoms with van der Waals surface area (Å²) in [6.07, 6.45) is 1.11. The normalized spacial score (nSPS) is 15.1. The largest absolute Gasteiger partial charge is 0.480 e. The Morgan fingerprint density at radius 3 is 2.57 bits per heavy atom. The molecule has 0 aliphatic carbocycles.